The van der Waals surface area contributed by atoms with E-state index in [1.54, 1.807) is 6.26 Å². The molecule has 216 valence electrons. The monoisotopic (exact) mass is 562 g/mol. The van der Waals surface area contributed by atoms with E-state index in [2.05, 4.69) is 20.9 Å². The highest BCUT2D eigenvalue weighted by atomic mass is 32.2. The van der Waals surface area contributed by atoms with E-state index in [1.807, 2.05) is 0 Å². The number of primary amides is 1. The number of guanidine groups is 1. The predicted molar refractivity (Wildman–Crippen MR) is 140 cm³/mol. The lowest BCUT2D eigenvalue weighted by molar-refractivity contribution is -0.142. The van der Waals surface area contributed by atoms with Gasteiger partial charge in [0.05, 0.1) is 6.04 Å². The third-order valence-electron chi connectivity index (χ3n) is 5.12. The molecule has 4 atom stereocenters. The molecule has 0 fully saturated rings. The maximum atomic E-state index is 13.0. The Morgan fingerprint density at radius 2 is 1.32 bits per heavy atom. The molecule has 0 aromatic heterocycles. The molecule has 38 heavy (non-hydrogen) atoms. The summed E-state index contributed by atoms with van der Waals surface area (Å²) in [5, 5.41) is 25.5. The van der Waals surface area contributed by atoms with E-state index in [0.717, 1.165) is 0 Å². The maximum absolute atomic E-state index is 13.0. The molecule has 0 aliphatic carbocycles. The van der Waals surface area contributed by atoms with Gasteiger partial charge in [0.1, 0.15) is 18.1 Å². The number of thioether (sulfide) groups is 1. The number of nitrogens with zero attached hydrogens (tertiary/aromatic N) is 1. The summed E-state index contributed by atoms with van der Waals surface area (Å²) in [6.45, 7) is 0.219. The largest absolute Gasteiger partial charge is 0.481 e. The number of hydrogen-bond donors (Lipinski definition) is 9. The van der Waals surface area contributed by atoms with Crippen LogP contribution in [0.2, 0.25) is 0 Å². The van der Waals surface area contributed by atoms with Crippen LogP contribution in [0, 0.1) is 0 Å². The summed E-state index contributed by atoms with van der Waals surface area (Å²) in [6, 6.07) is -5.09. The van der Waals surface area contributed by atoms with Crippen molar-refractivity contribution in [1.29, 1.82) is 0 Å². The summed E-state index contributed by atoms with van der Waals surface area (Å²) >= 11 is 1.37. The number of carbonyl (C=O) groups excluding carboxylic acids is 4. The lowest BCUT2D eigenvalue weighted by atomic mass is 10.1. The Balaban J connectivity index is 5.53. The van der Waals surface area contributed by atoms with Crippen LogP contribution < -0.4 is 38.9 Å². The standard InChI is InChI=1S/C21H38N8O8S/c1-38-10-8-14(20(36)37)29-19(35)12(4-6-15(23)30)28-18(34)13(5-7-16(31)32)27-17(33)11(22)3-2-9-26-21(24)25/h11-14H,2-10,22H2,1H3,(H2,23,30)(H,27,33)(H,28,34)(H,29,35)(H,31,32)(H,36,37)(H4,24,25,26). The van der Waals surface area contributed by atoms with Crippen molar-refractivity contribution in [2.24, 2.45) is 27.9 Å². The van der Waals surface area contributed by atoms with Crippen molar-refractivity contribution in [1.82, 2.24) is 16.0 Å². The number of carboxylic acids is 2. The van der Waals surface area contributed by atoms with E-state index in [1.165, 1.54) is 11.8 Å². The van der Waals surface area contributed by atoms with E-state index in [0.29, 0.717) is 12.2 Å². The normalized spacial score (nSPS) is 13.7. The van der Waals surface area contributed by atoms with Crippen LogP contribution in [0.4, 0.5) is 0 Å². The Hall–Kier alpha value is -3.60. The molecule has 0 heterocycles. The van der Waals surface area contributed by atoms with Gasteiger partial charge in [0, 0.05) is 19.4 Å². The van der Waals surface area contributed by atoms with E-state index in [4.69, 9.17) is 28.0 Å². The zero-order valence-electron chi connectivity index (χ0n) is 21.2. The smallest absolute Gasteiger partial charge is 0.326 e. The molecule has 4 unspecified atom stereocenters. The topological polar surface area (TPSA) is 295 Å². The van der Waals surface area contributed by atoms with Crippen LogP contribution in [0.15, 0.2) is 4.99 Å². The molecule has 17 heteroatoms. The highest BCUT2D eigenvalue weighted by Crippen LogP contribution is 2.07. The van der Waals surface area contributed by atoms with Crippen molar-refractivity contribution in [3.8, 4) is 0 Å². The van der Waals surface area contributed by atoms with E-state index < -0.39 is 66.2 Å². The van der Waals surface area contributed by atoms with Gasteiger partial charge in [-0.05, 0) is 44.1 Å². The lowest BCUT2D eigenvalue weighted by Crippen LogP contribution is -2.57. The third-order valence-corrected chi connectivity index (χ3v) is 5.77. The highest BCUT2D eigenvalue weighted by molar-refractivity contribution is 7.98. The molecule has 0 spiro atoms. The molecule has 4 amide bonds. The van der Waals surface area contributed by atoms with E-state index >= 15 is 0 Å². The lowest BCUT2D eigenvalue weighted by Gasteiger charge is -2.25. The first-order chi connectivity index (χ1) is 17.8. The Morgan fingerprint density at radius 3 is 1.79 bits per heavy atom. The van der Waals surface area contributed by atoms with Crippen molar-refractivity contribution in [3.05, 3.63) is 0 Å². The van der Waals surface area contributed by atoms with E-state index in [-0.39, 0.29) is 44.6 Å². The van der Waals surface area contributed by atoms with Gasteiger partial charge in [0.2, 0.25) is 23.6 Å². The minimum Gasteiger partial charge on any atom is -0.481 e. The Morgan fingerprint density at radius 1 is 0.789 bits per heavy atom. The average Bonchev–Trinajstić information content (AvgIpc) is 2.83. The summed E-state index contributed by atoms with van der Waals surface area (Å²) in [5.74, 6) is -5.53. The van der Waals surface area contributed by atoms with Gasteiger partial charge >= 0.3 is 11.9 Å². The van der Waals surface area contributed by atoms with Gasteiger partial charge in [-0.2, -0.15) is 11.8 Å². The number of nitrogens with one attached hydrogen (secondary N) is 3. The molecule has 0 saturated carbocycles. The number of carbonyl (C=O) groups is 6. The average molecular weight is 563 g/mol. The Kier molecular flexibility index (Phi) is 16.9. The van der Waals surface area contributed by atoms with Crippen LogP contribution in [-0.4, -0.2) is 94.5 Å². The number of aliphatic imine (C=N–C) groups is 1. The van der Waals surface area contributed by atoms with Crippen LogP contribution in [0.5, 0.6) is 0 Å². The number of carboxylic acid groups (broad SMARTS) is 2. The van der Waals surface area contributed by atoms with Gasteiger partial charge in [0.25, 0.3) is 0 Å². The summed E-state index contributed by atoms with van der Waals surface area (Å²) in [4.78, 5) is 75.9. The predicted octanol–water partition coefficient (Wildman–Crippen LogP) is -3.21. The molecule has 0 aliphatic heterocycles. The summed E-state index contributed by atoms with van der Waals surface area (Å²) < 4.78 is 0. The minimum atomic E-state index is -1.39. The highest BCUT2D eigenvalue weighted by Gasteiger charge is 2.30. The van der Waals surface area contributed by atoms with Gasteiger partial charge in [-0.25, -0.2) is 4.79 Å². The van der Waals surface area contributed by atoms with Gasteiger partial charge < -0.3 is 49.1 Å². The van der Waals surface area contributed by atoms with Crippen LogP contribution in [0.1, 0.15) is 44.9 Å². The zero-order chi connectivity index (χ0) is 29.3. The van der Waals surface area contributed by atoms with E-state index in [9.17, 15) is 33.9 Å². The number of amides is 4. The van der Waals surface area contributed by atoms with Crippen LogP contribution in [-0.2, 0) is 28.8 Å². The van der Waals surface area contributed by atoms with Gasteiger partial charge in [-0.3, -0.25) is 29.0 Å². The summed E-state index contributed by atoms with van der Waals surface area (Å²) in [6.07, 6.45) is 0.991. The molecular formula is C21H38N8O8S. The number of aliphatic carboxylic acids is 2. The maximum Gasteiger partial charge on any atom is 0.326 e. The number of hydrogen-bond acceptors (Lipinski definition) is 9. The fourth-order valence-electron chi connectivity index (χ4n) is 3.06. The van der Waals surface area contributed by atoms with Crippen molar-refractivity contribution < 1.29 is 39.0 Å². The molecule has 0 radical (unpaired) electrons. The molecule has 0 bridgehead atoms. The van der Waals surface area contributed by atoms with Crippen LogP contribution in [0.25, 0.3) is 0 Å². The molecule has 16 nitrogen and oxygen atoms in total. The van der Waals surface area contributed by atoms with Crippen LogP contribution >= 0.6 is 11.8 Å². The molecule has 0 saturated heterocycles. The van der Waals surface area contributed by atoms with Gasteiger partial charge in [-0.1, -0.05) is 0 Å². The van der Waals surface area contributed by atoms with Gasteiger partial charge in [-0.15, -0.1) is 0 Å². The minimum absolute atomic E-state index is 0.108. The summed E-state index contributed by atoms with van der Waals surface area (Å²) in [7, 11) is 0. The second-order valence-electron chi connectivity index (χ2n) is 8.30. The second-order valence-corrected chi connectivity index (χ2v) is 9.28. The van der Waals surface area contributed by atoms with Crippen molar-refractivity contribution >= 4 is 53.3 Å². The molecule has 0 aliphatic rings. The van der Waals surface area contributed by atoms with Gasteiger partial charge in [0.15, 0.2) is 5.96 Å². The number of nitrogens with two attached hydrogens (primary N) is 4. The molecule has 0 aromatic carbocycles. The molecular weight excluding hydrogens is 524 g/mol. The molecule has 0 rings (SSSR count). The zero-order valence-corrected chi connectivity index (χ0v) is 22.0. The molecule has 0 aromatic rings. The first-order valence-corrected chi connectivity index (χ1v) is 13.1. The van der Waals surface area contributed by atoms with Crippen molar-refractivity contribution in [2.75, 3.05) is 18.6 Å². The third kappa shape index (κ3) is 15.5. The molecule has 13 N–H and O–H groups in total. The van der Waals surface area contributed by atoms with Crippen LogP contribution in [0.3, 0.4) is 0 Å². The Labute approximate surface area is 224 Å². The first kappa shape index (κ1) is 34.4. The number of rotatable bonds is 20. The second kappa shape index (κ2) is 18.6. The summed E-state index contributed by atoms with van der Waals surface area (Å²) in [5.41, 5.74) is 21.5. The van der Waals surface area contributed by atoms with Crippen molar-refractivity contribution in [3.63, 3.8) is 0 Å². The SMILES string of the molecule is CSCCC(NC(=O)C(CCC(N)=O)NC(=O)C(CCC(=O)O)NC(=O)C(N)CCCN=C(N)N)C(=O)O. The first-order valence-electron chi connectivity index (χ1n) is 11.7. The fourth-order valence-corrected chi connectivity index (χ4v) is 3.53. The van der Waals surface area contributed by atoms with Crippen molar-refractivity contribution in [2.45, 2.75) is 69.1 Å². The quantitative estimate of drug-likeness (QED) is 0.0402. The fraction of sp³-hybridized carbons (Fsp3) is 0.667. The Bertz CT molecular complexity index is 868.